The molecular formula is C14H14O4. The molecule has 0 amide bonds. The fourth-order valence-electron chi connectivity index (χ4n) is 1.72. The molecule has 0 saturated heterocycles. The minimum Gasteiger partial charge on any atom is -0.507 e. The van der Waals surface area contributed by atoms with Crippen molar-refractivity contribution in [3.63, 3.8) is 0 Å². The molecule has 0 spiro atoms. The lowest BCUT2D eigenvalue weighted by Gasteiger charge is -2.10. The molecule has 0 fully saturated rings. The standard InChI is InChI=1S/C14H14O4/c1-17-9-3-5-13(15)11(7-9)12-8-10(18-2)4-6-14(12)16/h3-8,15-16H,1-2H3. The van der Waals surface area contributed by atoms with Gasteiger partial charge in [0, 0.05) is 11.1 Å². The highest BCUT2D eigenvalue weighted by Gasteiger charge is 2.11. The molecule has 0 aliphatic rings. The van der Waals surface area contributed by atoms with Gasteiger partial charge in [-0.05, 0) is 36.4 Å². The van der Waals surface area contributed by atoms with E-state index in [4.69, 9.17) is 9.47 Å². The van der Waals surface area contributed by atoms with Crippen LogP contribution < -0.4 is 9.47 Å². The number of phenolic OH excluding ortho intramolecular Hbond substituents is 2. The summed E-state index contributed by atoms with van der Waals surface area (Å²) in [5.41, 5.74) is 0.983. The van der Waals surface area contributed by atoms with Crippen molar-refractivity contribution >= 4 is 0 Å². The molecule has 0 aromatic heterocycles. The summed E-state index contributed by atoms with van der Waals surface area (Å²) in [6, 6.07) is 9.65. The van der Waals surface area contributed by atoms with Crippen LogP contribution in [-0.2, 0) is 0 Å². The summed E-state index contributed by atoms with van der Waals surface area (Å²) in [4.78, 5) is 0. The molecule has 2 N–H and O–H groups in total. The molecule has 0 aliphatic carbocycles. The molecule has 0 bridgehead atoms. The van der Waals surface area contributed by atoms with E-state index in [9.17, 15) is 10.2 Å². The SMILES string of the molecule is COc1ccc(O)c(-c2cc(OC)ccc2O)c1. The molecule has 0 heterocycles. The van der Waals surface area contributed by atoms with E-state index in [0.29, 0.717) is 22.6 Å². The van der Waals surface area contributed by atoms with Crippen LogP contribution >= 0.6 is 0 Å². The highest BCUT2D eigenvalue weighted by molar-refractivity contribution is 5.77. The Kier molecular flexibility index (Phi) is 3.28. The van der Waals surface area contributed by atoms with Gasteiger partial charge in [0.25, 0.3) is 0 Å². The Morgan fingerprint density at radius 2 is 1.11 bits per heavy atom. The topological polar surface area (TPSA) is 58.9 Å². The minimum atomic E-state index is 0.0688. The second kappa shape index (κ2) is 4.87. The van der Waals surface area contributed by atoms with Gasteiger partial charge in [-0.3, -0.25) is 0 Å². The summed E-state index contributed by atoms with van der Waals surface area (Å²) < 4.78 is 10.2. The Hall–Kier alpha value is -2.36. The molecule has 4 heteroatoms. The largest absolute Gasteiger partial charge is 0.507 e. The van der Waals surface area contributed by atoms with Crippen molar-refractivity contribution in [2.45, 2.75) is 0 Å². The van der Waals surface area contributed by atoms with Crippen LogP contribution in [0.2, 0.25) is 0 Å². The van der Waals surface area contributed by atoms with Gasteiger partial charge in [0.15, 0.2) is 0 Å². The summed E-state index contributed by atoms with van der Waals surface area (Å²) in [7, 11) is 3.09. The quantitative estimate of drug-likeness (QED) is 0.874. The molecular weight excluding hydrogens is 232 g/mol. The monoisotopic (exact) mass is 246 g/mol. The van der Waals surface area contributed by atoms with Gasteiger partial charge in [0.05, 0.1) is 14.2 Å². The summed E-state index contributed by atoms with van der Waals surface area (Å²) in [5, 5.41) is 19.7. The molecule has 94 valence electrons. The number of phenols is 2. The zero-order chi connectivity index (χ0) is 13.1. The smallest absolute Gasteiger partial charge is 0.123 e. The number of benzene rings is 2. The number of hydrogen-bond donors (Lipinski definition) is 2. The van der Waals surface area contributed by atoms with Gasteiger partial charge in [-0.2, -0.15) is 0 Å². The number of hydrogen-bond acceptors (Lipinski definition) is 4. The number of rotatable bonds is 3. The van der Waals surface area contributed by atoms with Gasteiger partial charge >= 0.3 is 0 Å². The van der Waals surface area contributed by atoms with E-state index in [-0.39, 0.29) is 11.5 Å². The van der Waals surface area contributed by atoms with Crippen LogP contribution in [0, 0.1) is 0 Å². The number of aromatic hydroxyl groups is 2. The van der Waals surface area contributed by atoms with Crippen LogP contribution in [0.4, 0.5) is 0 Å². The van der Waals surface area contributed by atoms with Crippen LogP contribution in [0.15, 0.2) is 36.4 Å². The molecule has 2 aromatic carbocycles. The van der Waals surface area contributed by atoms with Gasteiger partial charge in [0.1, 0.15) is 23.0 Å². The molecule has 0 unspecified atom stereocenters. The summed E-state index contributed by atoms with van der Waals surface area (Å²) >= 11 is 0. The van der Waals surface area contributed by atoms with E-state index < -0.39 is 0 Å². The van der Waals surface area contributed by atoms with Gasteiger partial charge in [0.2, 0.25) is 0 Å². The average Bonchev–Trinajstić information content (AvgIpc) is 2.40. The third kappa shape index (κ3) is 2.18. The second-order valence-electron chi connectivity index (χ2n) is 3.77. The Labute approximate surface area is 105 Å². The molecule has 2 aromatic rings. The van der Waals surface area contributed by atoms with E-state index in [0.717, 1.165) is 0 Å². The lowest BCUT2D eigenvalue weighted by Crippen LogP contribution is -1.87. The minimum absolute atomic E-state index is 0.0688. The van der Waals surface area contributed by atoms with Crippen molar-refractivity contribution in [3.05, 3.63) is 36.4 Å². The predicted octanol–water partition coefficient (Wildman–Crippen LogP) is 2.78. The number of methoxy groups -OCH3 is 2. The highest BCUT2D eigenvalue weighted by Crippen LogP contribution is 2.39. The van der Waals surface area contributed by atoms with Gasteiger partial charge in [-0.1, -0.05) is 0 Å². The first-order valence-electron chi connectivity index (χ1n) is 5.40. The van der Waals surface area contributed by atoms with E-state index >= 15 is 0 Å². The molecule has 2 rings (SSSR count). The maximum Gasteiger partial charge on any atom is 0.123 e. The first-order chi connectivity index (χ1) is 8.65. The molecule has 0 atom stereocenters. The van der Waals surface area contributed by atoms with E-state index in [2.05, 4.69) is 0 Å². The molecule has 0 saturated carbocycles. The average molecular weight is 246 g/mol. The maximum absolute atomic E-state index is 9.86. The third-order valence-electron chi connectivity index (χ3n) is 2.70. The predicted molar refractivity (Wildman–Crippen MR) is 68.3 cm³/mol. The molecule has 18 heavy (non-hydrogen) atoms. The lowest BCUT2D eigenvalue weighted by molar-refractivity contribution is 0.411. The van der Waals surface area contributed by atoms with Gasteiger partial charge in [-0.25, -0.2) is 0 Å². The maximum atomic E-state index is 9.86. The lowest BCUT2D eigenvalue weighted by atomic mass is 10.0. The zero-order valence-electron chi connectivity index (χ0n) is 10.2. The van der Waals surface area contributed by atoms with Crippen LogP contribution in [0.1, 0.15) is 0 Å². The van der Waals surface area contributed by atoms with Crippen LogP contribution in [-0.4, -0.2) is 24.4 Å². The van der Waals surface area contributed by atoms with Crippen molar-refractivity contribution < 1.29 is 19.7 Å². The van der Waals surface area contributed by atoms with Crippen LogP contribution in [0.3, 0.4) is 0 Å². The van der Waals surface area contributed by atoms with Crippen molar-refractivity contribution in [2.24, 2.45) is 0 Å². The molecule has 0 aliphatic heterocycles. The Morgan fingerprint density at radius 3 is 1.44 bits per heavy atom. The third-order valence-corrected chi connectivity index (χ3v) is 2.70. The van der Waals surface area contributed by atoms with Crippen molar-refractivity contribution in [2.75, 3.05) is 14.2 Å². The van der Waals surface area contributed by atoms with Gasteiger partial charge in [-0.15, -0.1) is 0 Å². The van der Waals surface area contributed by atoms with E-state index in [1.54, 1.807) is 38.5 Å². The van der Waals surface area contributed by atoms with Crippen LogP contribution in [0.25, 0.3) is 11.1 Å². The first kappa shape index (κ1) is 12.1. The first-order valence-corrected chi connectivity index (χ1v) is 5.40. The van der Waals surface area contributed by atoms with Gasteiger partial charge < -0.3 is 19.7 Å². The zero-order valence-corrected chi connectivity index (χ0v) is 10.2. The summed E-state index contributed by atoms with van der Waals surface area (Å²) in [6.45, 7) is 0. The Morgan fingerprint density at radius 1 is 0.722 bits per heavy atom. The normalized spacial score (nSPS) is 10.1. The molecule has 4 nitrogen and oxygen atoms in total. The number of ether oxygens (including phenoxy) is 2. The fourth-order valence-corrected chi connectivity index (χ4v) is 1.72. The van der Waals surface area contributed by atoms with Crippen LogP contribution in [0.5, 0.6) is 23.0 Å². The molecule has 0 radical (unpaired) electrons. The van der Waals surface area contributed by atoms with Crippen molar-refractivity contribution in [1.29, 1.82) is 0 Å². The van der Waals surface area contributed by atoms with Crippen molar-refractivity contribution in [1.82, 2.24) is 0 Å². The second-order valence-corrected chi connectivity index (χ2v) is 3.77. The Bertz CT molecular complexity index is 512. The van der Waals surface area contributed by atoms with Crippen molar-refractivity contribution in [3.8, 4) is 34.1 Å². The fraction of sp³-hybridized carbons (Fsp3) is 0.143. The van der Waals surface area contributed by atoms with E-state index in [1.165, 1.54) is 12.1 Å². The van der Waals surface area contributed by atoms with E-state index in [1.807, 2.05) is 0 Å². The Balaban J connectivity index is 2.60. The highest BCUT2D eigenvalue weighted by atomic mass is 16.5. The summed E-state index contributed by atoms with van der Waals surface area (Å²) in [5.74, 6) is 1.34. The summed E-state index contributed by atoms with van der Waals surface area (Å²) in [6.07, 6.45) is 0.